The molecule has 0 saturated carbocycles. The summed E-state index contributed by atoms with van der Waals surface area (Å²) in [6, 6.07) is 17.7. The number of rotatable bonds is 12. The Morgan fingerprint density at radius 2 is 1.71 bits per heavy atom. The number of ether oxygens (including phenoxy) is 2. The number of hydrogen-bond acceptors (Lipinski definition) is 6. The number of halogens is 2. The van der Waals surface area contributed by atoms with Gasteiger partial charge in [-0.15, -0.1) is 0 Å². The summed E-state index contributed by atoms with van der Waals surface area (Å²) in [5.74, 6) is -0.111. The molecule has 224 valence electrons. The van der Waals surface area contributed by atoms with Gasteiger partial charge in [-0.3, -0.25) is 13.9 Å². The summed E-state index contributed by atoms with van der Waals surface area (Å²) in [5.41, 5.74) is 1.61. The van der Waals surface area contributed by atoms with Crippen LogP contribution in [0.15, 0.2) is 66.7 Å². The van der Waals surface area contributed by atoms with Crippen molar-refractivity contribution >= 4 is 50.7 Å². The Kier molecular flexibility index (Phi) is 10.2. The fourth-order valence-corrected chi connectivity index (χ4v) is 5.79. The highest BCUT2D eigenvalue weighted by Gasteiger charge is 2.34. The second-order valence-corrected chi connectivity index (χ2v) is 12.8. The molecule has 42 heavy (non-hydrogen) atoms. The SMILES string of the molecule is CC[C@H](C)NC(=O)[C@H](Cc1ccccc1)N(Cc1ccc(Cl)cc1Cl)C(=O)CN(c1ccc2c(c1)OCO2)S(C)(=O)=O. The highest BCUT2D eigenvalue weighted by molar-refractivity contribution is 7.92. The maximum atomic E-state index is 14.2. The van der Waals surface area contributed by atoms with Crippen LogP contribution in [0.25, 0.3) is 0 Å². The van der Waals surface area contributed by atoms with Gasteiger partial charge in [-0.05, 0) is 48.7 Å². The molecule has 4 rings (SSSR count). The van der Waals surface area contributed by atoms with Crippen molar-refractivity contribution in [3.63, 3.8) is 0 Å². The summed E-state index contributed by atoms with van der Waals surface area (Å²) in [6.07, 6.45) is 1.90. The molecule has 0 bridgehead atoms. The fourth-order valence-electron chi connectivity index (χ4n) is 4.48. The second-order valence-electron chi connectivity index (χ2n) is 10.1. The van der Waals surface area contributed by atoms with E-state index in [4.69, 9.17) is 32.7 Å². The third kappa shape index (κ3) is 7.87. The minimum atomic E-state index is -3.93. The van der Waals surface area contributed by atoms with Gasteiger partial charge in [-0.25, -0.2) is 8.42 Å². The predicted octanol–water partition coefficient (Wildman–Crippen LogP) is 5.04. The summed E-state index contributed by atoms with van der Waals surface area (Å²) < 4.78 is 37.7. The summed E-state index contributed by atoms with van der Waals surface area (Å²) >= 11 is 12.6. The number of fused-ring (bicyclic) bond motifs is 1. The first-order chi connectivity index (χ1) is 20.0. The lowest BCUT2D eigenvalue weighted by molar-refractivity contribution is -0.140. The van der Waals surface area contributed by atoms with Crippen molar-refractivity contribution in [2.24, 2.45) is 0 Å². The third-order valence-corrected chi connectivity index (χ3v) is 8.68. The molecule has 1 aliphatic heterocycles. The molecule has 0 radical (unpaired) electrons. The van der Waals surface area contributed by atoms with E-state index in [0.29, 0.717) is 33.5 Å². The van der Waals surface area contributed by atoms with Crippen molar-refractivity contribution in [1.29, 1.82) is 0 Å². The van der Waals surface area contributed by atoms with Crippen LogP contribution in [0.4, 0.5) is 5.69 Å². The monoisotopic (exact) mass is 633 g/mol. The Labute approximate surface area is 256 Å². The number of benzene rings is 3. The number of sulfonamides is 1. The van der Waals surface area contributed by atoms with Crippen molar-refractivity contribution in [3.8, 4) is 11.5 Å². The largest absolute Gasteiger partial charge is 0.454 e. The molecular formula is C30H33Cl2N3O6S. The minimum absolute atomic E-state index is 0.0126. The van der Waals surface area contributed by atoms with Gasteiger partial charge < -0.3 is 19.7 Å². The molecule has 3 aromatic rings. The molecule has 3 aromatic carbocycles. The number of hydrogen-bond donors (Lipinski definition) is 1. The van der Waals surface area contributed by atoms with E-state index in [-0.39, 0.29) is 37.4 Å². The van der Waals surface area contributed by atoms with Gasteiger partial charge in [-0.2, -0.15) is 0 Å². The molecule has 2 amide bonds. The van der Waals surface area contributed by atoms with Gasteiger partial charge in [0.15, 0.2) is 11.5 Å². The van der Waals surface area contributed by atoms with Crippen LogP contribution in [0.3, 0.4) is 0 Å². The zero-order valence-corrected chi connectivity index (χ0v) is 25.9. The first kappa shape index (κ1) is 31.5. The van der Waals surface area contributed by atoms with Crippen LogP contribution in [0.1, 0.15) is 31.4 Å². The highest BCUT2D eigenvalue weighted by Crippen LogP contribution is 2.36. The predicted molar refractivity (Wildman–Crippen MR) is 164 cm³/mol. The lowest BCUT2D eigenvalue weighted by Gasteiger charge is -2.34. The molecular weight excluding hydrogens is 601 g/mol. The van der Waals surface area contributed by atoms with Gasteiger partial charge in [0.05, 0.1) is 11.9 Å². The Balaban J connectivity index is 1.75. The molecule has 1 N–H and O–H groups in total. The molecule has 2 atom stereocenters. The van der Waals surface area contributed by atoms with Crippen molar-refractivity contribution in [1.82, 2.24) is 10.2 Å². The standard InChI is InChI=1S/C30H33Cl2N3O6S/c1-4-20(2)33-30(37)26(14-21-8-6-5-7-9-21)34(17-22-10-11-23(31)15-25(22)32)29(36)18-35(42(3,38)39)24-12-13-27-28(16-24)41-19-40-27/h5-13,15-16,20,26H,4,14,17-19H2,1-3H3,(H,33,37)/t20-,26-/m0/s1. The number of nitrogens with zero attached hydrogens (tertiary/aromatic N) is 2. The van der Waals surface area contributed by atoms with Crippen LogP contribution in [-0.4, -0.2) is 56.8 Å². The summed E-state index contributed by atoms with van der Waals surface area (Å²) in [5, 5.41) is 3.73. The molecule has 0 fully saturated rings. The number of carbonyl (C=O) groups excluding carboxylic acids is 2. The van der Waals surface area contributed by atoms with Gasteiger partial charge in [0, 0.05) is 35.1 Å². The summed E-state index contributed by atoms with van der Waals surface area (Å²) in [4.78, 5) is 29.3. The van der Waals surface area contributed by atoms with Crippen LogP contribution in [0.2, 0.25) is 10.0 Å². The van der Waals surface area contributed by atoms with E-state index in [1.165, 1.54) is 11.0 Å². The van der Waals surface area contributed by atoms with Crippen molar-refractivity contribution in [3.05, 3.63) is 87.9 Å². The molecule has 0 aromatic heterocycles. The first-order valence-electron chi connectivity index (χ1n) is 13.4. The van der Waals surface area contributed by atoms with Crippen molar-refractivity contribution in [2.45, 2.75) is 45.3 Å². The van der Waals surface area contributed by atoms with Crippen LogP contribution in [0, 0.1) is 0 Å². The zero-order valence-electron chi connectivity index (χ0n) is 23.5. The molecule has 0 spiro atoms. The average molecular weight is 635 g/mol. The lowest BCUT2D eigenvalue weighted by Crippen LogP contribution is -2.54. The minimum Gasteiger partial charge on any atom is -0.454 e. The highest BCUT2D eigenvalue weighted by atomic mass is 35.5. The fraction of sp³-hybridized carbons (Fsp3) is 0.333. The Hall–Kier alpha value is -3.47. The van der Waals surface area contributed by atoms with Crippen LogP contribution >= 0.6 is 23.2 Å². The van der Waals surface area contributed by atoms with E-state index < -0.39 is 28.5 Å². The van der Waals surface area contributed by atoms with E-state index in [9.17, 15) is 18.0 Å². The topological polar surface area (TPSA) is 105 Å². The van der Waals surface area contributed by atoms with E-state index in [1.54, 1.807) is 30.3 Å². The normalized spacial score (nSPS) is 13.7. The Morgan fingerprint density at radius 3 is 2.38 bits per heavy atom. The second kappa shape index (κ2) is 13.7. The third-order valence-electron chi connectivity index (χ3n) is 6.95. The van der Waals surface area contributed by atoms with Crippen LogP contribution < -0.4 is 19.1 Å². The molecule has 0 saturated heterocycles. The van der Waals surface area contributed by atoms with E-state index in [0.717, 1.165) is 16.1 Å². The molecule has 0 aliphatic carbocycles. The maximum absolute atomic E-state index is 14.2. The van der Waals surface area contributed by atoms with E-state index >= 15 is 0 Å². The molecule has 9 nitrogen and oxygen atoms in total. The van der Waals surface area contributed by atoms with Crippen molar-refractivity contribution < 1.29 is 27.5 Å². The zero-order chi connectivity index (χ0) is 30.4. The van der Waals surface area contributed by atoms with E-state index in [2.05, 4.69) is 5.32 Å². The van der Waals surface area contributed by atoms with E-state index in [1.807, 2.05) is 44.2 Å². The Bertz CT molecular complexity index is 1540. The summed E-state index contributed by atoms with van der Waals surface area (Å²) in [6.45, 7) is 3.22. The maximum Gasteiger partial charge on any atom is 0.244 e. The smallest absolute Gasteiger partial charge is 0.244 e. The van der Waals surface area contributed by atoms with Gasteiger partial charge in [0.25, 0.3) is 0 Å². The van der Waals surface area contributed by atoms with Crippen LogP contribution in [-0.2, 0) is 32.6 Å². The molecule has 0 unspecified atom stereocenters. The van der Waals surface area contributed by atoms with Gasteiger partial charge in [-0.1, -0.05) is 66.5 Å². The number of anilines is 1. The number of nitrogens with one attached hydrogen (secondary N) is 1. The van der Waals surface area contributed by atoms with Crippen molar-refractivity contribution in [2.75, 3.05) is 23.9 Å². The van der Waals surface area contributed by atoms with Gasteiger partial charge >= 0.3 is 0 Å². The van der Waals surface area contributed by atoms with Gasteiger partial charge in [0.1, 0.15) is 12.6 Å². The summed E-state index contributed by atoms with van der Waals surface area (Å²) in [7, 11) is -3.93. The number of carbonyl (C=O) groups is 2. The van der Waals surface area contributed by atoms with Crippen LogP contribution in [0.5, 0.6) is 11.5 Å². The molecule has 12 heteroatoms. The number of amides is 2. The molecule has 1 aliphatic rings. The van der Waals surface area contributed by atoms with Gasteiger partial charge in [0.2, 0.25) is 28.6 Å². The molecule has 1 heterocycles. The Morgan fingerprint density at radius 1 is 1.00 bits per heavy atom. The lowest BCUT2D eigenvalue weighted by atomic mass is 10.0. The quantitative estimate of drug-likeness (QED) is 0.299. The first-order valence-corrected chi connectivity index (χ1v) is 16.0. The average Bonchev–Trinajstić information content (AvgIpc) is 3.42.